The second kappa shape index (κ2) is 8.37. The second-order valence-electron chi connectivity index (χ2n) is 7.75. The lowest BCUT2D eigenvalue weighted by Gasteiger charge is -2.36. The van der Waals surface area contributed by atoms with Crippen molar-refractivity contribution in [2.45, 2.75) is 40.5 Å². The average molecular weight is 346 g/mol. The van der Waals surface area contributed by atoms with E-state index in [0.717, 1.165) is 11.3 Å². The van der Waals surface area contributed by atoms with Crippen molar-refractivity contribution in [2.75, 3.05) is 32.8 Å². The maximum absolute atomic E-state index is 12.5. The summed E-state index contributed by atoms with van der Waals surface area (Å²) in [4.78, 5) is 28.5. The van der Waals surface area contributed by atoms with Gasteiger partial charge in [0.05, 0.1) is 13.0 Å². The van der Waals surface area contributed by atoms with Crippen molar-refractivity contribution in [2.24, 2.45) is 5.41 Å². The molecule has 0 aromatic heterocycles. The number of ether oxygens (including phenoxy) is 1. The standard InChI is InChI=1S/C20H30N2O3/c1-5-25-17-8-6-16(7-9-17)14-18(23)21-10-12-22(13-11-21)19(24)15-20(2,3)4/h6-9H,5,10-15H2,1-4H3. The molecule has 1 saturated heterocycles. The number of carbonyl (C=O) groups is 2. The molecule has 1 aromatic carbocycles. The first kappa shape index (κ1) is 19.3. The maximum atomic E-state index is 12.5. The smallest absolute Gasteiger partial charge is 0.227 e. The number of rotatable bonds is 5. The Morgan fingerprint density at radius 1 is 0.960 bits per heavy atom. The van der Waals surface area contributed by atoms with E-state index in [1.165, 1.54) is 0 Å². The van der Waals surface area contributed by atoms with Gasteiger partial charge < -0.3 is 14.5 Å². The summed E-state index contributed by atoms with van der Waals surface area (Å²) in [5, 5.41) is 0. The highest BCUT2D eigenvalue weighted by molar-refractivity contribution is 5.80. The lowest BCUT2D eigenvalue weighted by atomic mass is 9.91. The van der Waals surface area contributed by atoms with Gasteiger partial charge in [-0.3, -0.25) is 9.59 Å². The molecule has 0 N–H and O–H groups in total. The van der Waals surface area contributed by atoms with Crippen molar-refractivity contribution >= 4 is 11.8 Å². The van der Waals surface area contributed by atoms with Crippen molar-refractivity contribution in [3.63, 3.8) is 0 Å². The van der Waals surface area contributed by atoms with Crippen LogP contribution in [0, 0.1) is 5.41 Å². The third-order valence-electron chi connectivity index (χ3n) is 4.26. The highest BCUT2D eigenvalue weighted by Gasteiger charge is 2.26. The fraction of sp³-hybridized carbons (Fsp3) is 0.600. The SMILES string of the molecule is CCOc1ccc(CC(=O)N2CCN(C(=O)CC(C)(C)C)CC2)cc1. The minimum absolute atomic E-state index is 0.00229. The van der Waals surface area contributed by atoms with E-state index in [0.29, 0.717) is 45.6 Å². The van der Waals surface area contributed by atoms with Gasteiger partial charge >= 0.3 is 0 Å². The van der Waals surface area contributed by atoms with Gasteiger partial charge in [-0.1, -0.05) is 32.9 Å². The molecule has 0 bridgehead atoms. The summed E-state index contributed by atoms with van der Waals surface area (Å²) in [6.07, 6.45) is 0.940. The Morgan fingerprint density at radius 2 is 1.48 bits per heavy atom. The zero-order valence-corrected chi connectivity index (χ0v) is 15.9. The van der Waals surface area contributed by atoms with Gasteiger partial charge in [0.2, 0.25) is 11.8 Å². The van der Waals surface area contributed by atoms with Crippen LogP contribution >= 0.6 is 0 Å². The highest BCUT2D eigenvalue weighted by Crippen LogP contribution is 2.20. The van der Waals surface area contributed by atoms with Gasteiger partial charge in [-0.2, -0.15) is 0 Å². The van der Waals surface area contributed by atoms with Crippen LogP contribution in [0.3, 0.4) is 0 Å². The molecule has 0 spiro atoms. The van der Waals surface area contributed by atoms with Crippen LogP contribution in [0.4, 0.5) is 0 Å². The Kier molecular flexibility index (Phi) is 6.45. The lowest BCUT2D eigenvalue weighted by molar-refractivity contribution is -0.140. The number of hydrogen-bond donors (Lipinski definition) is 0. The zero-order chi connectivity index (χ0) is 18.4. The molecule has 0 atom stereocenters. The molecular formula is C20H30N2O3. The van der Waals surface area contributed by atoms with Crippen LogP contribution in [-0.4, -0.2) is 54.4 Å². The van der Waals surface area contributed by atoms with Crippen LogP contribution in [0.25, 0.3) is 0 Å². The van der Waals surface area contributed by atoms with Gasteiger partial charge in [-0.05, 0) is 30.0 Å². The quantitative estimate of drug-likeness (QED) is 0.824. The molecule has 2 rings (SSSR count). The molecule has 0 aliphatic carbocycles. The van der Waals surface area contributed by atoms with Crippen LogP contribution in [0.1, 0.15) is 39.7 Å². The number of benzene rings is 1. The maximum Gasteiger partial charge on any atom is 0.227 e. The van der Waals surface area contributed by atoms with Gasteiger partial charge in [0.15, 0.2) is 0 Å². The van der Waals surface area contributed by atoms with Crippen molar-refractivity contribution < 1.29 is 14.3 Å². The van der Waals surface area contributed by atoms with Crippen LogP contribution in [-0.2, 0) is 16.0 Å². The van der Waals surface area contributed by atoms with Gasteiger partial charge in [0.25, 0.3) is 0 Å². The third-order valence-corrected chi connectivity index (χ3v) is 4.26. The Balaban J connectivity index is 1.81. The van der Waals surface area contributed by atoms with E-state index in [1.807, 2.05) is 41.0 Å². The molecule has 1 aromatic rings. The molecule has 0 unspecified atom stereocenters. The minimum atomic E-state index is -0.00229. The third kappa shape index (κ3) is 6.07. The summed E-state index contributed by atoms with van der Waals surface area (Å²) in [5.41, 5.74) is 0.984. The van der Waals surface area contributed by atoms with Crippen LogP contribution in [0.5, 0.6) is 5.75 Å². The molecule has 1 aliphatic rings. The normalized spacial score (nSPS) is 15.2. The van der Waals surface area contributed by atoms with Crippen molar-refractivity contribution in [1.29, 1.82) is 0 Å². The Labute approximate surface area is 150 Å². The van der Waals surface area contributed by atoms with E-state index in [-0.39, 0.29) is 17.2 Å². The van der Waals surface area contributed by atoms with Crippen LogP contribution < -0.4 is 4.74 Å². The molecule has 138 valence electrons. The molecule has 1 aliphatic heterocycles. The van der Waals surface area contributed by atoms with E-state index in [2.05, 4.69) is 20.8 Å². The van der Waals surface area contributed by atoms with E-state index >= 15 is 0 Å². The van der Waals surface area contributed by atoms with E-state index in [1.54, 1.807) is 0 Å². The fourth-order valence-corrected chi connectivity index (χ4v) is 2.93. The minimum Gasteiger partial charge on any atom is -0.494 e. The second-order valence-corrected chi connectivity index (χ2v) is 7.75. The lowest BCUT2D eigenvalue weighted by Crippen LogP contribution is -2.51. The van der Waals surface area contributed by atoms with E-state index in [4.69, 9.17) is 4.74 Å². The van der Waals surface area contributed by atoms with Gasteiger partial charge in [0, 0.05) is 32.6 Å². The Bertz CT molecular complexity index is 582. The van der Waals surface area contributed by atoms with E-state index in [9.17, 15) is 9.59 Å². The monoisotopic (exact) mass is 346 g/mol. The molecule has 5 nitrogen and oxygen atoms in total. The zero-order valence-electron chi connectivity index (χ0n) is 15.9. The number of hydrogen-bond acceptors (Lipinski definition) is 3. The molecule has 2 amide bonds. The molecule has 0 radical (unpaired) electrons. The highest BCUT2D eigenvalue weighted by atomic mass is 16.5. The molecular weight excluding hydrogens is 316 g/mol. The van der Waals surface area contributed by atoms with Crippen molar-refractivity contribution in [3.8, 4) is 5.75 Å². The largest absolute Gasteiger partial charge is 0.494 e. The first-order valence-electron chi connectivity index (χ1n) is 9.06. The van der Waals surface area contributed by atoms with E-state index < -0.39 is 0 Å². The Morgan fingerprint density at radius 3 is 1.96 bits per heavy atom. The number of nitrogens with zero attached hydrogens (tertiary/aromatic N) is 2. The average Bonchev–Trinajstić information content (AvgIpc) is 2.55. The fourth-order valence-electron chi connectivity index (χ4n) is 2.93. The summed E-state index contributed by atoms with van der Waals surface area (Å²) in [6.45, 7) is 11.3. The first-order chi connectivity index (χ1) is 11.8. The summed E-state index contributed by atoms with van der Waals surface area (Å²) in [7, 11) is 0. The number of carbonyl (C=O) groups excluding carboxylic acids is 2. The molecule has 1 heterocycles. The summed E-state index contributed by atoms with van der Waals surface area (Å²) >= 11 is 0. The van der Waals surface area contributed by atoms with Gasteiger partial charge in [0.1, 0.15) is 5.75 Å². The molecule has 0 saturated carbocycles. The van der Waals surface area contributed by atoms with Gasteiger partial charge in [-0.25, -0.2) is 0 Å². The number of amides is 2. The van der Waals surface area contributed by atoms with Crippen LogP contribution in [0.15, 0.2) is 24.3 Å². The topological polar surface area (TPSA) is 49.9 Å². The molecule has 5 heteroatoms. The van der Waals surface area contributed by atoms with Crippen LogP contribution in [0.2, 0.25) is 0 Å². The van der Waals surface area contributed by atoms with Gasteiger partial charge in [-0.15, -0.1) is 0 Å². The predicted molar refractivity (Wildman–Crippen MR) is 98.5 cm³/mol. The first-order valence-corrected chi connectivity index (χ1v) is 9.06. The number of piperazine rings is 1. The summed E-state index contributed by atoms with van der Waals surface area (Å²) < 4.78 is 5.42. The Hall–Kier alpha value is -2.04. The molecule has 1 fully saturated rings. The van der Waals surface area contributed by atoms with Crippen molar-refractivity contribution in [1.82, 2.24) is 9.80 Å². The summed E-state index contributed by atoms with van der Waals surface area (Å²) in [6, 6.07) is 7.67. The molecule has 25 heavy (non-hydrogen) atoms. The van der Waals surface area contributed by atoms with Crippen molar-refractivity contribution in [3.05, 3.63) is 29.8 Å². The predicted octanol–water partition coefficient (Wildman–Crippen LogP) is 2.73. The summed E-state index contributed by atoms with van der Waals surface area (Å²) in [5.74, 6) is 1.13.